The molecule has 1 amide bonds. The van der Waals surface area contributed by atoms with Gasteiger partial charge in [0.2, 0.25) is 5.91 Å². The van der Waals surface area contributed by atoms with E-state index in [2.05, 4.69) is 10.2 Å². The summed E-state index contributed by atoms with van der Waals surface area (Å²) in [5.74, 6) is 0.635. The summed E-state index contributed by atoms with van der Waals surface area (Å²) in [6.07, 6.45) is 3.43. The maximum atomic E-state index is 12.2. The van der Waals surface area contributed by atoms with Gasteiger partial charge in [-0.25, -0.2) is 0 Å². The van der Waals surface area contributed by atoms with E-state index in [0.29, 0.717) is 0 Å². The third kappa shape index (κ3) is 5.86. The van der Waals surface area contributed by atoms with Crippen molar-refractivity contribution in [3.63, 3.8) is 0 Å². The topological polar surface area (TPSA) is 50.8 Å². The summed E-state index contributed by atoms with van der Waals surface area (Å²) in [5.41, 5.74) is 2.85. The van der Waals surface area contributed by atoms with Crippen molar-refractivity contribution in [1.29, 1.82) is 0 Å². The molecule has 0 aliphatic carbocycles. The Labute approximate surface area is 160 Å². The third-order valence-electron chi connectivity index (χ3n) is 4.17. The van der Waals surface area contributed by atoms with Gasteiger partial charge in [-0.3, -0.25) is 4.79 Å². The fraction of sp³-hybridized carbons (Fsp3) is 0.318. The van der Waals surface area contributed by atoms with Gasteiger partial charge in [0, 0.05) is 30.5 Å². The molecule has 0 aromatic heterocycles. The second kappa shape index (κ2) is 9.24. The van der Waals surface area contributed by atoms with E-state index in [1.165, 1.54) is 6.08 Å². The SMILES string of the molecule is CC(C)Oc1cccc(/C=C/C(=O)Nc2ccc(N3CCOCC3)cc2)c1. The van der Waals surface area contributed by atoms with Crippen molar-refractivity contribution >= 4 is 23.4 Å². The van der Waals surface area contributed by atoms with Crippen molar-refractivity contribution in [2.24, 2.45) is 0 Å². The Kier molecular flexibility index (Phi) is 6.49. The maximum Gasteiger partial charge on any atom is 0.248 e. The molecule has 1 aliphatic heterocycles. The summed E-state index contributed by atoms with van der Waals surface area (Å²) >= 11 is 0. The normalized spacial score (nSPS) is 14.6. The van der Waals surface area contributed by atoms with Crippen LogP contribution in [0.2, 0.25) is 0 Å². The van der Waals surface area contributed by atoms with Crippen molar-refractivity contribution in [2.45, 2.75) is 20.0 Å². The van der Waals surface area contributed by atoms with Crippen LogP contribution in [0.25, 0.3) is 6.08 Å². The van der Waals surface area contributed by atoms with Gasteiger partial charge in [-0.1, -0.05) is 12.1 Å². The molecule has 3 rings (SSSR count). The number of carbonyl (C=O) groups excluding carboxylic acids is 1. The van der Waals surface area contributed by atoms with Crippen LogP contribution >= 0.6 is 0 Å². The summed E-state index contributed by atoms with van der Waals surface area (Å²) in [4.78, 5) is 14.5. The Morgan fingerprint density at radius 2 is 1.89 bits per heavy atom. The summed E-state index contributed by atoms with van der Waals surface area (Å²) in [5, 5.41) is 2.89. The molecule has 2 aromatic rings. The highest BCUT2D eigenvalue weighted by atomic mass is 16.5. The van der Waals surface area contributed by atoms with Crippen molar-refractivity contribution in [3.8, 4) is 5.75 Å². The molecule has 0 saturated carbocycles. The minimum Gasteiger partial charge on any atom is -0.491 e. The maximum absolute atomic E-state index is 12.2. The summed E-state index contributed by atoms with van der Waals surface area (Å²) in [7, 11) is 0. The van der Waals surface area contributed by atoms with Gasteiger partial charge in [-0.2, -0.15) is 0 Å². The summed E-state index contributed by atoms with van der Waals surface area (Å²) in [6.45, 7) is 7.28. The average Bonchev–Trinajstić information content (AvgIpc) is 2.67. The molecule has 5 nitrogen and oxygen atoms in total. The largest absolute Gasteiger partial charge is 0.491 e. The Bertz CT molecular complexity index is 778. The molecule has 5 heteroatoms. The van der Waals surface area contributed by atoms with E-state index in [4.69, 9.17) is 9.47 Å². The van der Waals surface area contributed by atoms with Gasteiger partial charge in [-0.05, 0) is 61.9 Å². The molecule has 0 radical (unpaired) electrons. The monoisotopic (exact) mass is 366 g/mol. The van der Waals surface area contributed by atoms with E-state index in [1.54, 1.807) is 6.08 Å². The van der Waals surface area contributed by atoms with Gasteiger partial charge in [0.05, 0.1) is 19.3 Å². The fourth-order valence-electron chi connectivity index (χ4n) is 2.90. The molecule has 1 saturated heterocycles. The molecular formula is C22H26N2O3. The standard InChI is InChI=1S/C22H26N2O3/c1-17(2)27-21-5-3-4-18(16-21)6-11-22(25)23-19-7-9-20(10-8-19)24-12-14-26-15-13-24/h3-11,16-17H,12-15H2,1-2H3,(H,23,25)/b11-6+. The second-order valence-corrected chi connectivity index (χ2v) is 6.71. The first-order chi connectivity index (χ1) is 13.1. The first-order valence-corrected chi connectivity index (χ1v) is 9.29. The smallest absolute Gasteiger partial charge is 0.248 e. The van der Waals surface area contributed by atoms with E-state index < -0.39 is 0 Å². The molecule has 1 N–H and O–H groups in total. The van der Waals surface area contributed by atoms with E-state index in [0.717, 1.165) is 49.0 Å². The van der Waals surface area contributed by atoms with Crippen molar-refractivity contribution < 1.29 is 14.3 Å². The lowest BCUT2D eigenvalue weighted by atomic mass is 10.2. The number of amides is 1. The van der Waals surface area contributed by atoms with Gasteiger partial charge in [-0.15, -0.1) is 0 Å². The van der Waals surface area contributed by atoms with Gasteiger partial charge >= 0.3 is 0 Å². The van der Waals surface area contributed by atoms with Crippen LogP contribution in [0.1, 0.15) is 19.4 Å². The number of nitrogens with zero attached hydrogens (tertiary/aromatic N) is 1. The third-order valence-corrected chi connectivity index (χ3v) is 4.17. The lowest BCUT2D eigenvalue weighted by molar-refractivity contribution is -0.111. The van der Waals surface area contributed by atoms with Gasteiger partial charge < -0.3 is 19.7 Å². The van der Waals surface area contributed by atoms with E-state index in [-0.39, 0.29) is 12.0 Å². The molecule has 2 aromatic carbocycles. The Hall–Kier alpha value is -2.79. The summed E-state index contributed by atoms with van der Waals surface area (Å²) in [6, 6.07) is 15.6. The molecule has 0 bridgehead atoms. The highest BCUT2D eigenvalue weighted by Gasteiger charge is 2.10. The number of nitrogens with one attached hydrogen (secondary N) is 1. The van der Waals surface area contributed by atoms with Gasteiger partial charge in [0.15, 0.2) is 0 Å². The lowest BCUT2D eigenvalue weighted by Crippen LogP contribution is -2.36. The second-order valence-electron chi connectivity index (χ2n) is 6.71. The van der Waals surface area contributed by atoms with Gasteiger partial charge in [0.1, 0.15) is 5.75 Å². The number of anilines is 2. The first-order valence-electron chi connectivity index (χ1n) is 9.29. The Morgan fingerprint density at radius 1 is 1.15 bits per heavy atom. The molecule has 1 heterocycles. The van der Waals surface area contributed by atoms with Gasteiger partial charge in [0.25, 0.3) is 0 Å². The van der Waals surface area contributed by atoms with Crippen molar-refractivity contribution in [3.05, 3.63) is 60.2 Å². The molecule has 1 fully saturated rings. The fourth-order valence-corrected chi connectivity index (χ4v) is 2.90. The van der Waals surface area contributed by atoms with Crippen LogP contribution in [0.5, 0.6) is 5.75 Å². The highest BCUT2D eigenvalue weighted by Crippen LogP contribution is 2.19. The minimum absolute atomic E-state index is 0.118. The molecule has 0 unspecified atom stereocenters. The van der Waals surface area contributed by atoms with Crippen molar-refractivity contribution in [2.75, 3.05) is 36.5 Å². The number of rotatable bonds is 6. The number of benzene rings is 2. The van der Waals surface area contributed by atoms with E-state index in [9.17, 15) is 4.79 Å². The Balaban J connectivity index is 1.56. The van der Waals surface area contributed by atoms with E-state index in [1.807, 2.05) is 62.4 Å². The minimum atomic E-state index is -0.163. The van der Waals surface area contributed by atoms with Crippen LogP contribution in [-0.4, -0.2) is 38.3 Å². The zero-order valence-electron chi connectivity index (χ0n) is 15.9. The molecular weight excluding hydrogens is 340 g/mol. The van der Waals surface area contributed by atoms with Crippen LogP contribution in [0.3, 0.4) is 0 Å². The molecule has 0 spiro atoms. The highest BCUT2D eigenvalue weighted by molar-refractivity contribution is 6.02. The number of hydrogen-bond acceptors (Lipinski definition) is 4. The van der Waals surface area contributed by atoms with Crippen LogP contribution in [0.4, 0.5) is 11.4 Å². The predicted octanol–water partition coefficient (Wildman–Crippen LogP) is 3.96. The number of morpholine rings is 1. The molecule has 1 aliphatic rings. The Morgan fingerprint density at radius 3 is 2.59 bits per heavy atom. The first kappa shape index (κ1) is 19.0. The average molecular weight is 366 g/mol. The van der Waals surface area contributed by atoms with Crippen LogP contribution in [0, 0.1) is 0 Å². The zero-order chi connectivity index (χ0) is 19.1. The van der Waals surface area contributed by atoms with Crippen LogP contribution < -0.4 is 15.0 Å². The predicted molar refractivity (Wildman–Crippen MR) is 109 cm³/mol. The molecule has 0 atom stereocenters. The van der Waals surface area contributed by atoms with Crippen LogP contribution in [0.15, 0.2) is 54.6 Å². The number of carbonyl (C=O) groups is 1. The quantitative estimate of drug-likeness (QED) is 0.786. The number of ether oxygens (including phenoxy) is 2. The number of hydrogen-bond donors (Lipinski definition) is 1. The molecule has 142 valence electrons. The van der Waals surface area contributed by atoms with E-state index >= 15 is 0 Å². The molecule has 27 heavy (non-hydrogen) atoms. The van der Waals surface area contributed by atoms with Crippen molar-refractivity contribution in [1.82, 2.24) is 0 Å². The zero-order valence-corrected chi connectivity index (χ0v) is 15.9. The lowest BCUT2D eigenvalue weighted by Gasteiger charge is -2.28. The summed E-state index contributed by atoms with van der Waals surface area (Å²) < 4.78 is 11.0. The van der Waals surface area contributed by atoms with Crippen LogP contribution in [-0.2, 0) is 9.53 Å².